The highest BCUT2D eigenvalue weighted by Gasteiger charge is 2.24. The second kappa shape index (κ2) is 5.81. The number of rotatable bonds is 6. The molecular weight excluding hydrogens is 252 g/mol. The molecule has 1 aromatic heterocycles. The summed E-state index contributed by atoms with van der Waals surface area (Å²) in [5, 5.41) is 9.17. The molecule has 0 radical (unpaired) electrons. The van der Waals surface area contributed by atoms with Crippen LogP contribution in [0.3, 0.4) is 0 Å². The van der Waals surface area contributed by atoms with Crippen LogP contribution < -0.4 is 5.73 Å². The Morgan fingerprint density at radius 2 is 2.20 bits per heavy atom. The second-order valence-corrected chi connectivity index (χ2v) is 5.55. The highest BCUT2D eigenvalue weighted by molar-refractivity contribution is 5.78. The fourth-order valence-corrected chi connectivity index (χ4v) is 2.81. The molecule has 3 rings (SSSR count). The SMILES string of the molecule is Nc1ccc2nc(CCN(CCO)C3CCC3)[nH]c2c1. The predicted molar refractivity (Wildman–Crippen MR) is 80.5 cm³/mol. The molecule has 108 valence electrons. The first kappa shape index (κ1) is 13.4. The lowest BCUT2D eigenvalue weighted by molar-refractivity contribution is 0.102. The number of nitrogens with one attached hydrogen (secondary N) is 1. The van der Waals surface area contributed by atoms with Gasteiger partial charge < -0.3 is 15.8 Å². The summed E-state index contributed by atoms with van der Waals surface area (Å²) in [6.07, 6.45) is 4.72. The highest BCUT2D eigenvalue weighted by atomic mass is 16.3. The molecule has 1 heterocycles. The van der Waals surface area contributed by atoms with Crippen LogP contribution in [0.2, 0.25) is 0 Å². The van der Waals surface area contributed by atoms with Crippen molar-refractivity contribution in [2.24, 2.45) is 0 Å². The van der Waals surface area contributed by atoms with E-state index in [1.165, 1.54) is 19.3 Å². The Balaban J connectivity index is 1.65. The maximum Gasteiger partial charge on any atom is 0.108 e. The summed E-state index contributed by atoms with van der Waals surface area (Å²) < 4.78 is 0. The molecule has 2 aromatic rings. The van der Waals surface area contributed by atoms with Crippen molar-refractivity contribution in [3.63, 3.8) is 0 Å². The van der Waals surface area contributed by atoms with E-state index in [-0.39, 0.29) is 6.61 Å². The number of anilines is 1. The molecule has 0 saturated heterocycles. The van der Waals surface area contributed by atoms with Crippen molar-refractivity contribution >= 4 is 16.7 Å². The number of benzene rings is 1. The summed E-state index contributed by atoms with van der Waals surface area (Å²) in [7, 11) is 0. The molecule has 0 spiro atoms. The minimum atomic E-state index is 0.229. The molecule has 5 heteroatoms. The molecule has 0 bridgehead atoms. The Morgan fingerprint density at radius 1 is 1.35 bits per heavy atom. The monoisotopic (exact) mass is 274 g/mol. The number of imidazole rings is 1. The largest absolute Gasteiger partial charge is 0.399 e. The van der Waals surface area contributed by atoms with Gasteiger partial charge in [0, 0.05) is 31.2 Å². The van der Waals surface area contributed by atoms with E-state index in [1.807, 2.05) is 18.2 Å². The first-order valence-electron chi connectivity index (χ1n) is 7.35. The summed E-state index contributed by atoms with van der Waals surface area (Å²) in [6, 6.07) is 6.40. The number of H-pyrrole nitrogens is 1. The predicted octanol–water partition coefficient (Wildman–Crippen LogP) is 1.53. The number of aliphatic hydroxyl groups excluding tert-OH is 1. The first-order chi connectivity index (χ1) is 9.76. The molecular formula is C15H22N4O. The minimum absolute atomic E-state index is 0.229. The van der Waals surface area contributed by atoms with Gasteiger partial charge in [0.1, 0.15) is 5.82 Å². The zero-order chi connectivity index (χ0) is 13.9. The van der Waals surface area contributed by atoms with Crippen molar-refractivity contribution in [3.05, 3.63) is 24.0 Å². The van der Waals surface area contributed by atoms with Crippen LogP contribution in [0.1, 0.15) is 25.1 Å². The third-order valence-electron chi connectivity index (χ3n) is 4.17. The number of fused-ring (bicyclic) bond motifs is 1. The highest BCUT2D eigenvalue weighted by Crippen LogP contribution is 2.24. The standard InChI is InChI=1S/C15H22N4O/c16-11-4-5-13-14(10-11)18-15(17-13)6-7-19(8-9-20)12-2-1-3-12/h4-5,10,12,20H,1-3,6-9,16H2,(H,17,18). The van der Waals surface area contributed by atoms with Crippen LogP contribution in [0.4, 0.5) is 5.69 Å². The lowest BCUT2D eigenvalue weighted by atomic mass is 9.91. The maximum absolute atomic E-state index is 9.17. The number of hydrogen-bond donors (Lipinski definition) is 3. The Hall–Kier alpha value is -1.59. The van der Waals surface area contributed by atoms with E-state index in [0.717, 1.165) is 42.1 Å². The Kier molecular flexibility index (Phi) is 3.89. The number of nitrogens with zero attached hydrogens (tertiary/aromatic N) is 2. The van der Waals surface area contributed by atoms with Gasteiger partial charge in [-0.1, -0.05) is 6.42 Å². The minimum Gasteiger partial charge on any atom is -0.399 e. The average Bonchev–Trinajstić information content (AvgIpc) is 2.76. The molecule has 5 nitrogen and oxygen atoms in total. The summed E-state index contributed by atoms with van der Waals surface area (Å²) in [6.45, 7) is 1.94. The van der Waals surface area contributed by atoms with E-state index in [9.17, 15) is 0 Å². The average molecular weight is 274 g/mol. The zero-order valence-corrected chi connectivity index (χ0v) is 11.7. The van der Waals surface area contributed by atoms with Crippen molar-refractivity contribution in [1.82, 2.24) is 14.9 Å². The lowest BCUT2D eigenvalue weighted by Gasteiger charge is -2.37. The van der Waals surface area contributed by atoms with E-state index in [4.69, 9.17) is 10.8 Å². The zero-order valence-electron chi connectivity index (χ0n) is 11.7. The van der Waals surface area contributed by atoms with Crippen LogP contribution in [0.15, 0.2) is 18.2 Å². The van der Waals surface area contributed by atoms with Crippen LogP contribution in [0, 0.1) is 0 Å². The lowest BCUT2D eigenvalue weighted by Crippen LogP contribution is -2.42. The van der Waals surface area contributed by atoms with Gasteiger partial charge in [0.15, 0.2) is 0 Å². The Labute approximate surface area is 118 Å². The molecule has 0 unspecified atom stereocenters. The van der Waals surface area contributed by atoms with E-state index < -0.39 is 0 Å². The van der Waals surface area contributed by atoms with Crippen LogP contribution >= 0.6 is 0 Å². The molecule has 0 aliphatic heterocycles. The summed E-state index contributed by atoms with van der Waals surface area (Å²) >= 11 is 0. The number of hydrogen-bond acceptors (Lipinski definition) is 4. The molecule has 1 saturated carbocycles. The van der Waals surface area contributed by atoms with Gasteiger partial charge in [0.2, 0.25) is 0 Å². The molecule has 20 heavy (non-hydrogen) atoms. The fraction of sp³-hybridized carbons (Fsp3) is 0.533. The number of aliphatic hydroxyl groups is 1. The van der Waals surface area contributed by atoms with Crippen LogP contribution in [-0.4, -0.2) is 45.7 Å². The van der Waals surface area contributed by atoms with E-state index in [1.54, 1.807) is 0 Å². The Bertz CT molecular complexity index is 576. The van der Waals surface area contributed by atoms with Crippen molar-refractivity contribution in [2.45, 2.75) is 31.7 Å². The maximum atomic E-state index is 9.17. The number of aromatic amines is 1. The third-order valence-corrected chi connectivity index (χ3v) is 4.17. The summed E-state index contributed by atoms with van der Waals surface area (Å²) in [5.74, 6) is 0.993. The summed E-state index contributed by atoms with van der Waals surface area (Å²) in [5.41, 5.74) is 8.49. The van der Waals surface area contributed by atoms with E-state index >= 15 is 0 Å². The molecule has 0 atom stereocenters. The fourth-order valence-electron chi connectivity index (χ4n) is 2.81. The number of nitrogens with two attached hydrogens (primary N) is 1. The smallest absolute Gasteiger partial charge is 0.108 e. The van der Waals surface area contributed by atoms with Crippen molar-refractivity contribution < 1.29 is 5.11 Å². The summed E-state index contributed by atoms with van der Waals surface area (Å²) in [4.78, 5) is 10.3. The van der Waals surface area contributed by atoms with Crippen LogP contribution in [0.5, 0.6) is 0 Å². The van der Waals surface area contributed by atoms with Crippen molar-refractivity contribution in [1.29, 1.82) is 0 Å². The molecule has 1 fully saturated rings. The number of nitrogen functional groups attached to an aromatic ring is 1. The molecule has 1 aliphatic rings. The van der Waals surface area contributed by atoms with E-state index in [2.05, 4.69) is 14.9 Å². The third kappa shape index (κ3) is 2.78. The first-order valence-corrected chi connectivity index (χ1v) is 7.35. The van der Waals surface area contributed by atoms with E-state index in [0.29, 0.717) is 6.04 Å². The Morgan fingerprint density at radius 3 is 2.90 bits per heavy atom. The van der Waals surface area contributed by atoms with Crippen LogP contribution in [0.25, 0.3) is 11.0 Å². The normalized spacial score (nSPS) is 15.9. The molecule has 4 N–H and O–H groups in total. The van der Waals surface area contributed by atoms with Gasteiger partial charge in [-0.05, 0) is 31.0 Å². The molecule has 1 aromatic carbocycles. The molecule has 0 amide bonds. The van der Waals surface area contributed by atoms with Gasteiger partial charge in [-0.3, -0.25) is 4.90 Å². The van der Waals surface area contributed by atoms with Gasteiger partial charge in [0.25, 0.3) is 0 Å². The number of aromatic nitrogens is 2. The van der Waals surface area contributed by atoms with Crippen molar-refractivity contribution in [3.8, 4) is 0 Å². The van der Waals surface area contributed by atoms with Gasteiger partial charge in [0.05, 0.1) is 17.6 Å². The van der Waals surface area contributed by atoms with Crippen molar-refractivity contribution in [2.75, 3.05) is 25.4 Å². The van der Waals surface area contributed by atoms with Gasteiger partial charge in [-0.15, -0.1) is 0 Å². The van der Waals surface area contributed by atoms with Gasteiger partial charge in [-0.25, -0.2) is 4.98 Å². The van der Waals surface area contributed by atoms with Gasteiger partial charge in [-0.2, -0.15) is 0 Å². The topological polar surface area (TPSA) is 78.2 Å². The second-order valence-electron chi connectivity index (χ2n) is 5.55. The van der Waals surface area contributed by atoms with Crippen LogP contribution in [-0.2, 0) is 6.42 Å². The molecule has 1 aliphatic carbocycles. The quantitative estimate of drug-likeness (QED) is 0.698. The van der Waals surface area contributed by atoms with Gasteiger partial charge >= 0.3 is 0 Å².